The van der Waals surface area contributed by atoms with Gasteiger partial charge in [0.05, 0.1) is 10.7 Å². The fraction of sp³-hybridized carbons (Fsp3) is 0.333. The predicted octanol–water partition coefficient (Wildman–Crippen LogP) is 7.90. The number of hydrogen-bond donors (Lipinski definition) is 0. The van der Waals surface area contributed by atoms with E-state index in [0.29, 0.717) is 11.5 Å². The maximum absolute atomic E-state index is 12.1. The molecule has 200 valence electrons. The molecule has 0 aliphatic rings. The Hall–Kier alpha value is -1.62. The fourth-order valence-corrected chi connectivity index (χ4v) is 4.14. The van der Waals surface area contributed by atoms with Gasteiger partial charge in [0, 0.05) is 48.4 Å². The van der Waals surface area contributed by atoms with Crippen LogP contribution in [0.15, 0.2) is 72.8 Å². The number of benzene rings is 2. The smallest absolute Gasteiger partial charge is 0.337 e. The molecule has 0 N–H and O–H groups in total. The monoisotopic (exact) mass is 764 g/mol. The highest BCUT2D eigenvalue weighted by atomic mass is 79.9. The van der Waals surface area contributed by atoms with Crippen molar-refractivity contribution in [2.24, 2.45) is 0 Å². The Morgan fingerprint density at radius 1 is 0.757 bits per heavy atom. The molecule has 0 saturated heterocycles. The Morgan fingerprint density at radius 2 is 1.11 bits per heavy atom. The van der Waals surface area contributed by atoms with Gasteiger partial charge < -0.3 is 18.9 Å². The van der Waals surface area contributed by atoms with Crippen molar-refractivity contribution in [3.8, 4) is 11.5 Å². The fourth-order valence-electron chi connectivity index (χ4n) is 3.02. The van der Waals surface area contributed by atoms with E-state index in [-0.39, 0.29) is 21.8 Å². The van der Waals surface area contributed by atoms with Crippen LogP contribution in [0.25, 0.3) is 0 Å². The van der Waals surface area contributed by atoms with Crippen LogP contribution in [0.1, 0.15) is 38.8 Å². The minimum Gasteiger partial charge on any atom is -0.442 e. The van der Waals surface area contributed by atoms with Crippen LogP contribution in [0.4, 0.5) is 0 Å². The summed E-state index contributed by atoms with van der Waals surface area (Å²) in [5.41, 5.74) is 1.92. The number of hydrogen-bond acceptors (Lipinski definition) is 6. The topological polar surface area (TPSA) is 71.1 Å². The molecule has 0 spiro atoms. The van der Waals surface area contributed by atoms with Crippen molar-refractivity contribution in [2.45, 2.75) is 42.5 Å². The SMILES string of the molecule is C=C(C)C(=O)OC(Br)(CBr)Oc1cccc(C(C)(C)c2cccc(OC(Br)(CBr)OC(=O)C(=C)C)c2)c1. The van der Waals surface area contributed by atoms with Gasteiger partial charge in [-0.3, -0.25) is 0 Å². The molecule has 0 aliphatic carbocycles. The molecule has 0 aromatic heterocycles. The van der Waals surface area contributed by atoms with Crippen molar-refractivity contribution in [3.63, 3.8) is 0 Å². The Balaban J connectivity index is 2.32. The van der Waals surface area contributed by atoms with Crippen molar-refractivity contribution in [3.05, 3.63) is 84.0 Å². The van der Waals surface area contributed by atoms with Gasteiger partial charge in [-0.1, -0.05) is 83.1 Å². The largest absolute Gasteiger partial charge is 0.442 e. The van der Waals surface area contributed by atoms with E-state index < -0.39 is 26.7 Å². The number of carbonyl (C=O) groups is 2. The zero-order chi connectivity index (χ0) is 28.0. The lowest BCUT2D eigenvalue weighted by molar-refractivity contribution is -0.161. The Bertz CT molecular complexity index is 1090. The second kappa shape index (κ2) is 13.0. The van der Waals surface area contributed by atoms with Crippen LogP contribution in [0, 0.1) is 0 Å². The molecular formula is C27H28Br4O6. The minimum atomic E-state index is -1.41. The summed E-state index contributed by atoms with van der Waals surface area (Å²) in [6, 6.07) is 15.0. The van der Waals surface area contributed by atoms with E-state index in [9.17, 15) is 9.59 Å². The molecule has 0 fully saturated rings. The lowest BCUT2D eigenvalue weighted by Gasteiger charge is -2.30. The van der Waals surface area contributed by atoms with Crippen LogP contribution in [0.2, 0.25) is 0 Å². The van der Waals surface area contributed by atoms with Crippen molar-refractivity contribution >= 4 is 75.7 Å². The highest BCUT2D eigenvalue weighted by Crippen LogP contribution is 2.38. The summed E-state index contributed by atoms with van der Waals surface area (Å²) in [7, 11) is 0. The Kier molecular flexibility index (Phi) is 11.1. The van der Waals surface area contributed by atoms with E-state index in [2.05, 4.69) is 90.7 Å². The molecule has 0 heterocycles. The maximum atomic E-state index is 12.1. The second-order valence-corrected chi connectivity index (χ2v) is 12.3. The van der Waals surface area contributed by atoms with Crippen LogP contribution < -0.4 is 9.47 Å². The first kappa shape index (κ1) is 31.6. The van der Waals surface area contributed by atoms with E-state index in [1.807, 2.05) is 36.4 Å². The standard InChI is InChI=1S/C27H28Br4O6/c1-17(2)23(32)36-26(30,15-28)34-21-11-7-9-19(13-21)25(5,6)20-10-8-12-22(14-20)35-27(31,16-29)37-24(33)18(3)4/h7-14H,1,3,15-16H2,2,4-6H3. The molecule has 37 heavy (non-hydrogen) atoms. The molecule has 0 bridgehead atoms. The highest BCUT2D eigenvalue weighted by molar-refractivity contribution is 9.12. The third-order valence-corrected chi connectivity index (χ3v) is 9.35. The number of ether oxygens (including phenoxy) is 4. The van der Waals surface area contributed by atoms with Gasteiger partial charge in [-0.2, -0.15) is 0 Å². The second-order valence-electron chi connectivity index (χ2n) is 8.81. The molecule has 6 nitrogen and oxygen atoms in total. The normalized spacial score (nSPS) is 14.5. The van der Waals surface area contributed by atoms with Crippen LogP contribution in [-0.2, 0) is 24.5 Å². The van der Waals surface area contributed by atoms with Gasteiger partial charge in [-0.05, 0) is 49.2 Å². The molecule has 2 aromatic carbocycles. The molecule has 2 rings (SSSR count). The first-order chi connectivity index (χ1) is 17.1. The molecule has 0 amide bonds. The third kappa shape index (κ3) is 8.70. The molecular weight excluding hydrogens is 740 g/mol. The predicted molar refractivity (Wildman–Crippen MR) is 159 cm³/mol. The van der Waals surface area contributed by atoms with Gasteiger partial charge in [-0.25, -0.2) is 9.59 Å². The van der Waals surface area contributed by atoms with Gasteiger partial charge in [0.15, 0.2) is 0 Å². The molecule has 2 unspecified atom stereocenters. The number of carbonyl (C=O) groups excluding carboxylic acids is 2. The van der Waals surface area contributed by atoms with E-state index >= 15 is 0 Å². The molecule has 2 aromatic rings. The average molecular weight is 768 g/mol. The number of rotatable bonds is 12. The number of alkyl halides is 4. The van der Waals surface area contributed by atoms with E-state index in [4.69, 9.17) is 18.9 Å². The van der Waals surface area contributed by atoms with Crippen molar-refractivity contribution < 1.29 is 28.5 Å². The lowest BCUT2D eigenvalue weighted by Crippen LogP contribution is -2.37. The Morgan fingerprint density at radius 3 is 1.41 bits per heavy atom. The maximum Gasteiger partial charge on any atom is 0.337 e. The van der Waals surface area contributed by atoms with Gasteiger partial charge in [0.2, 0.25) is 0 Å². The molecule has 0 saturated carbocycles. The zero-order valence-electron chi connectivity index (χ0n) is 20.9. The average Bonchev–Trinajstić information content (AvgIpc) is 2.84. The summed E-state index contributed by atoms with van der Waals surface area (Å²) < 4.78 is 20.0. The van der Waals surface area contributed by atoms with Crippen LogP contribution in [0.5, 0.6) is 11.5 Å². The quantitative estimate of drug-likeness (QED) is 0.0948. The number of halogens is 4. The molecule has 0 aliphatic heterocycles. The van der Waals surface area contributed by atoms with E-state index in [0.717, 1.165) is 11.1 Å². The van der Waals surface area contributed by atoms with Crippen LogP contribution in [0.3, 0.4) is 0 Å². The first-order valence-corrected chi connectivity index (χ1v) is 14.8. The van der Waals surface area contributed by atoms with Gasteiger partial charge >= 0.3 is 21.3 Å². The summed E-state index contributed by atoms with van der Waals surface area (Å²) in [6.07, 6.45) is 0. The molecule has 0 radical (unpaired) electrons. The zero-order valence-corrected chi connectivity index (χ0v) is 27.3. The van der Waals surface area contributed by atoms with Gasteiger partial charge in [0.1, 0.15) is 11.5 Å². The van der Waals surface area contributed by atoms with E-state index in [1.165, 1.54) is 0 Å². The van der Waals surface area contributed by atoms with Crippen molar-refractivity contribution in [2.75, 3.05) is 10.7 Å². The molecule has 10 heteroatoms. The van der Waals surface area contributed by atoms with Crippen molar-refractivity contribution in [1.82, 2.24) is 0 Å². The number of esters is 2. The van der Waals surface area contributed by atoms with Gasteiger partial charge in [0.25, 0.3) is 0 Å². The minimum absolute atomic E-state index is 0.184. The lowest BCUT2D eigenvalue weighted by atomic mass is 9.78. The van der Waals surface area contributed by atoms with Crippen molar-refractivity contribution in [1.29, 1.82) is 0 Å². The summed E-state index contributed by atoms with van der Waals surface area (Å²) in [6.45, 7) is 14.5. The highest BCUT2D eigenvalue weighted by Gasteiger charge is 2.35. The van der Waals surface area contributed by atoms with Gasteiger partial charge in [-0.15, -0.1) is 0 Å². The van der Waals surface area contributed by atoms with Crippen LogP contribution in [-0.4, -0.2) is 32.0 Å². The third-order valence-electron chi connectivity index (χ3n) is 5.16. The Labute approximate surface area is 251 Å². The summed E-state index contributed by atoms with van der Waals surface area (Å²) in [5.74, 6) is -0.168. The molecule has 2 atom stereocenters. The first-order valence-electron chi connectivity index (χ1n) is 11.0. The summed E-state index contributed by atoms with van der Waals surface area (Å²) in [5, 5.41) is 0.369. The van der Waals surface area contributed by atoms with Crippen LogP contribution >= 0.6 is 63.7 Å². The van der Waals surface area contributed by atoms with E-state index in [1.54, 1.807) is 26.0 Å². The summed E-state index contributed by atoms with van der Waals surface area (Å²) >= 11 is 13.4. The summed E-state index contributed by atoms with van der Waals surface area (Å²) in [4.78, 5) is 24.1.